The van der Waals surface area contributed by atoms with Crippen molar-refractivity contribution in [1.29, 1.82) is 0 Å². The lowest BCUT2D eigenvalue weighted by Gasteiger charge is -2.08. The van der Waals surface area contributed by atoms with Crippen molar-refractivity contribution in [3.05, 3.63) is 36.0 Å². The second-order valence-electron chi connectivity index (χ2n) is 3.92. The summed E-state index contributed by atoms with van der Waals surface area (Å²) in [5.74, 6) is -0.333. The smallest absolute Gasteiger partial charge is 0.267 e. The topological polar surface area (TPSA) is 74.7 Å². The van der Waals surface area contributed by atoms with Crippen LogP contribution in [-0.4, -0.2) is 35.1 Å². The van der Waals surface area contributed by atoms with Crippen molar-refractivity contribution in [2.75, 3.05) is 6.54 Å². The molecule has 0 saturated heterocycles. The molecule has 1 aromatic heterocycles. The molecule has 88 valence electrons. The highest BCUT2D eigenvalue weighted by molar-refractivity contribution is 6.67. The number of carbonyl (C=O) groups is 2. The van der Waals surface area contributed by atoms with Gasteiger partial charge in [0.15, 0.2) is 6.29 Å². The number of fused-ring (bicyclic) bond motifs is 1. The summed E-state index contributed by atoms with van der Waals surface area (Å²) in [5.41, 5.74) is 2.22. The van der Waals surface area contributed by atoms with Gasteiger partial charge in [0.2, 0.25) is 0 Å². The normalized spacial score (nSPS) is 15.4. The Morgan fingerprint density at radius 2 is 2.11 bits per heavy atom. The van der Waals surface area contributed by atoms with Crippen LogP contribution in [0.25, 0.3) is 10.9 Å². The minimum absolute atomic E-state index is 0.0556. The molecule has 3 rings (SSSR count). The number of aliphatic imine (C=N–C) groups is 2. The number of nitrogens with one attached hydrogen (secondary N) is 1. The number of nitrogens with zero attached hydrogens (tertiary/aromatic N) is 2. The predicted octanol–water partition coefficient (Wildman–Crippen LogP) is 1.14. The third kappa shape index (κ3) is 1.57. The van der Waals surface area contributed by atoms with Gasteiger partial charge in [-0.1, -0.05) is 18.2 Å². The molecule has 5 nitrogen and oxygen atoms in total. The van der Waals surface area contributed by atoms with Gasteiger partial charge >= 0.3 is 0 Å². The summed E-state index contributed by atoms with van der Waals surface area (Å²) in [4.78, 5) is 33.3. The average Bonchev–Trinajstić information content (AvgIpc) is 2.82. The highest BCUT2D eigenvalue weighted by atomic mass is 16.1. The molecule has 0 aliphatic carbocycles. The molecular formula is C13H9N3O2. The number of amides is 1. The van der Waals surface area contributed by atoms with E-state index in [2.05, 4.69) is 15.0 Å². The number of para-hydroxylation sites is 1. The molecule has 0 fully saturated rings. The Bertz CT molecular complexity index is 710. The van der Waals surface area contributed by atoms with Crippen molar-refractivity contribution < 1.29 is 9.59 Å². The summed E-state index contributed by atoms with van der Waals surface area (Å²) in [6.45, 7) is -0.0556. The molecule has 1 aliphatic rings. The van der Waals surface area contributed by atoms with E-state index in [-0.39, 0.29) is 18.2 Å². The Morgan fingerprint density at radius 1 is 1.28 bits per heavy atom. The van der Waals surface area contributed by atoms with Crippen LogP contribution in [-0.2, 0) is 9.59 Å². The molecule has 1 N–H and O–H groups in total. The number of benzene rings is 1. The van der Waals surface area contributed by atoms with Gasteiger partial charge in [0.25, 0.3) is 5.91 Å². The maximum absolute atomic E-state index is 11.3. The Morgan fingerprint density at radius 3 is 2.94 bits per heavy atom. The van der Waals surface area contributed by atoms with E-state index in [0.29, 0.717) is 12.0 Å². The van der Waals surface area contributed by atoms with Gasteiger partial charge in [0.1, 0.15) is 18.0 Å². The minimum Gasteiger partial charge on any atom is -0.360 e. The van der Waals surface area contributed by atoms with Crippen molar-refractivity contribution in [3.8, 4) is 0 Å². The van der Waals surface area contributed by atoms with E-state index in [1.54, 1.807) is 6.20 Å². The summed E-state index contributed by atoms with van der Waals surface area (Å²) in [6, 6.07) is 7.63. The van der Waals surface area contributed by atoms with E-state index in [1.165, 1.54) is 0 Å². The average molecular weight is 239 g/mol. The van der Waals surface area contributed by atoms with Crippen LogP contribution in [0.4, 0.5) is 0 Å². The van der Waals surface area contributed by atoms with E-state index in [0.717, 1.165) is 16.5 Å². The molecule has 1 amide bonds. The van der Waals surface area contributed by atoms with Crippen LogP contribution >= 0.6 is 0 Å². The first-order valence-electron chi connectivity index (χ1n) is 5.47. The van der Waals surface area contributed by atoms with Crippen molar-refractivity contribution in [2.24, 2.45) is 9.98 Å². The molecule has 0 radical (unpaired) electrons. The van der Waals surface area contributed by atoms with Gasteiger partial charge in [-0.3, -0.25) is 14.6 Å². The zero-order valence-corrected chi connectivity index (χ0v) is 9.38. The number of hydrogen-bond acceptors (Lipinski definition) is 3. The lowest BCUT2D eigenvalue weighted by molar-refractivity contribution is -0.116. The van der Waals surface area contributed by atoms with E-state index < -0.39 is 0 Å². The summed E-state index contributed by atoms with van der Waals surface area (Å²) in [5, 5.41) is 0.917. The lowest BCUT2D eigenvalue weighted by atomic mass is 10.0. The Kier molecular flexibility index (Phi) is 2.37. The molecule has 18 heavy (non-hydrogen) atoms. The fourth-order valence-electron chi connectivity index (χ4n) is 2.00. The maximum Gasteiger partial charge on any atom is 0.267 e. The molecule has 1 aliphatic heterocycles. The van der Waals surface area contributed by atoms with Gasteiger partial charge in [0.05, 0.1) is 0 Å². The van der Waals surface area contributed by atoms with Crippen molar-refractivity contribution >= 4 is 34.5 Å². The zero-order valence-electron chi connectivity index (χ0n) is 9.38. The summed E-state index contributed by atoms with van der Waals surface area (Å²) < 4.78 is 0. The number of aldehydes is 1. The minimum atomic E-state index is -0.333. The van der Waals surface area contributed by atoms with Crippen LogP contribution in [0.2, 0.25) is 0 Å². The molecular weight excluding hydrogens is 230 g/mol. The number of H-pyrrole nitrogens is 1. The molecule has 2 aromatic rings. The second-order valence-corrected chi connectivity index (χ2v) is 3.92. The lowest BCUT2D eigenvalue weighted by Crippen LogP contribution is -2.24. The molecule has 0 atom stereocenters. The number of aromatic nitrogens is 1. The van der Waals surface area contributed by atoms with Crippen LogP contribution in [0, 0.1) is 0 Å². The standard InChI is InChI=1S/C13H9N3O2/c17-7-11-13(16-12(18)6-15-11)9-5-14-10-4-2-1-3-8(9)10/h1-5,7,14H,6H2. The first-order valence-corrected chi connectivity index (χ1v) is 5.47. The number of hydrogen-bond donors (Lipinski definition) is 1. The summed E-state index contributed by atoms with van der Waals surface area (Å²) >= 11 is 0. The highest BCUT2D eigenvalue weighted by Gasteiger charge is 2.20. The van der Waals surface area contributed by atoms with Crippen LogP contribution in [0.1, 0.15) is 5.56 Å². The third-order valence-electron chi connectivity index (χ3n) is 2.82. The Hall–Kier alpha value is -2.56. The van der Waals surface area contributed by atoms with Gasteiger partial charge in [-0.15, -0.1) is 0 Å². The van der Waals surface area contributed by atoms with Crippen LogP contribution in [0.5, 0.6) is 0 Å². The molecule has 0 bridgehead atoms. The van der Waals surface area contributed by atoms with Crippen molar-refractivity contribution in [1.82, 2.24) is 4.98 Å². The molecule has 2 heterocycles. The monoisotopic (exact) mass is 239 g/mol. The predicted molar refractivity (Wildman–Crippen MR) is 68.2 cm³/mol. The zero-order chi connectivity index (χ0) is 12.5. The quantitative estimate of drug-likeness (QED) is 0.798. The summed E-state index contributed by atoms with van der Waals surface area (Å²) in [6.07, 6.45) is 2.37. The number of rotatable bonds is 2. The number of aromatic amines is 1. The van der Waals surface area contributed by atoms with E-state index in [1.807, 2.05) is 24.3 Å². The fraction of sp³-hybridized carbons (Fsp3) is 0.0769. The van der Waals surface area contributed by atoms with Gasteiger partial charge in [-0.2, -0.15) is 0 Å². The largest absolute Gasteiger partial charge is 0.360 e. The number of carbonyl (C=O) groups excluding carboxylic acids is 2. The Balaban J connectivity index is 2.22. The SMILES string of the molecule is O=CC1=NCC(=O)N=C1c1c[nH]c2ccccc12. The van der Waals surface area contributed by atoms with Gasteiger partial charge in [-0.25, -0.2) is 4.99 Å². The molecule has 0 saturated carbocycles. The summed E-state index contributed by atoms with van der Waals surface area (Å²) in [7, 11) is 0. The van der Waals surface area contributed by atoms with Crippen molar-refractivity contribution in [3.63, 3.8) is 0 Å². The first kappa shape index (κ1) is 10.6. The van der Waals surface area contributed by atoms with Crippen LogP contribution in [0.15, 0.2) is 40.4 Å². The molecule has 1 aromatic carbocycles. The second kappa shape index (κ2) is 4.03. The maximum atomic E-state index is 11.3. The molecule has 5 heteroatoms. The molecule has 0 unspecified atom stereocenters. The van der Waals surface area contributed by atoms with E-state index in [4.69, 9.17) is 0 Å². The van der Waals surface area contributed by atoms with Crippen LogP contribution in [0.3, 0.4) is 0 Å². The highest BCUT2D eigenvalue weighted by Crippen LogP contribution is 2.19. The van der Waals surface area contributed by atoms with Gasteiger partial charge < -0.3 is 4.98 Å². The van der Waals surface area contributed by atoms with Gasteiger partial charge in [0, 0.05) is 22.7 Å². The van der Waals surface area contributed by atoms with Crippen LogP contribution < -0.4 is 0 Å². The van der Waals surface area contributed by atoms with E-state index >= 15 is 0 Å². The fourth-order valence-corrected chi connectivity index (χ4v) is 2.00. The Labute approximate surface area is 102 Å². The van der Waals surface area contributed by atoms with Gasteiger partial charge in [-0.05, 0) is 6.07 Å². The molecule has 0 spiro atoms. The van der Waals surface area contributed by atoms with Crippen molar-refractivity contribution in [2.45, 2.75) is 0 Å². The first-order chi connectivity index (χ1) is 8.79. The van der Waals surface area contributed by atoms with E-state index in [9.17, 15) is 9.59 Å². The third-order valence-corrected chi connectivity index (χ3v) is 2.82.